The zero-order chi connectivity index (χ0) is 13.8. The maximum Gasteiger partial charge on any atom is 0.372 e. The van der Waals surface area contributed by atoms with Crippen molar-refractivity contribution in [2.75, 3.05) is 0 Å². The molecule has 2 aromatic rings. The van der Waals surface area contributed by atoms with Crippen LogP contribution in [0.15, 0.2) is 34.9 Å². The number of benzene rings is 1. The lowest BCUT2D eigenvalue weighted by Gasteiger charge is -2.05. The summed E-state index contributed by atoms with van der Waals surface area (Å²) in [4.78, 5) is 10.8. The van der Waals surface area contributed by atoms with Gasteiger partial charge < -0.3 is 14.8 Å². The topological polar surface area (TPSA) is 62.5 Å². The quantitative estimate of drug-likeness (QED) is 0.873. The number of carboxylic acid groups (broad SMARTS) is 1. The van der Waals surface area contributed by atoms with Gasteiger partial charge >= 0.3 is 5.97 Å². The van der Waals surface area contributed by atoms with E-state index in [9.17, 15) is 13.6 Å². The molecule has 2 rings (SSSR count). The number of carboxylic acids is 1. The highest BCUT2D eigenvalue weighted by Crippen LogP contribution is 2.12. The molecule has 1 aromatic carbocycles. The van der Waals surface area contributed by atoms with Crippen molar-refractivity contribution in [3.8, 4) is 0 Å². The zero-order valence-electron chi connectivity index (χ0n) is 9.82. The second kappa shape index (κ2) is 5.62. The largest absolute Gasteiger partial charge is 0.475 e. The number of carbonyl (C=O) groups is 1. The Hall–Kier alpha value is -2.21. The molecule has 6 heteroatoms. The van der Waals surface area contributed by atoms with Crippen molar-refractivity contribution in [1.82, 2.24) is 5.32 Å². The number of halogens is 2. The van der Waals surface area contributed by atoms with E-state index in [1.54, 1.807) is 0 Å². The lowest BCUT2D eigenvalue weighted by Crippen LogP contribution is -2.15. The van der Waals surface area contributed by atoms with E-state index in [0.717, 1.165) is 18.2 Å². The maximum absolute atomic E-state index is 13.3. The number of hydrogen-bond donors (Lipinski definition) is 2. The van der Waals surface area contributed by atoms with Gasteiger partial charge in [0.05, 0.1) is 6.26 Å². The van der Waals surface area contributed by atoms with Gasteiger partial charge in [0, 0.05) is 24.2 Å². The third-order valence-electron chi connectivity index (χ3n) is 2.58. The van der Waals surface area contributed by atoms with Gasteiger partial charge in [-0.25, -0.2) is 13.6 Å². The molecule has 1 aromatic heterocycles. The van der Waals surface area contributed by atoms with E-state index < -0.39 is 17.6 Å². The van der Waals surface area contributed by atoms with Gasteiger partial charge in [-0.3, -0.25) is 0 Å². The predicted molar refractivity (Wildman–Crippen MR) is 62.6 cm³/mol. The number of rotatable bonds is 5. The lowest BCUT2D eigenvalue weighted by atomic mass is 10.2. The second-order valence-corrected chi connectivity index (χ2v) is 3.92. The van der Waals surface area contributed by atoms with Crippen LogP contribution < -0.4 is 5.32 Å². The van der Waals surface area contributed by atoms with Gasteiger partial charge in [0.15, 0.2) is 0 Å². The highest BCUT2D eigenvalue weighted by molar-refractivity contribution is 5.86. The minimum absolute atomic E-state index is 0.0911. The fraction of sp³-hybridized carbons (Fsp3) is 0.154. The molecule has 0 fully saturated rings. The summed E-state index contributed by atoms with van der Waals surface area (Å²) >= 11 is 0. The summed E-state index contributed by atoms with van der Waals surface area (Å²) in [6, 6.07) is 4.69. The van der Waals surface area contributed by atoms with E-state index >= 15 is 0 Å². The van der Waals surface area contributed by atoms with E-state index in [2.05, 4.69) is 5.32 Å². The molecular weight excluding hydrogens is 256 g/mol. The number of hydrogen-bond acceptors (Lipinski definition) is 3. The summed E-state index contributed by atoms with van der Waals surface area (Å²) in [5.74, 6) is -2.36. The van der Waals surface area contributed by atoms with Gasteiger partial charge in [0.1, 0.15) is 11.6 Å². The minimum atomic E-state index is -1.17. The van der Waals surface area contributed by atoms with Crippen LogP contribution in [0.2, 0.25) is 0 Å². The fourth-order valence-electron chi connectivity index (χ4n) is 1.67. The third-order valence-corrected chi connectivity index (χ3v) is 2.58. The van der Waals surface area contributed by atoms with Gasteiger partial charge in [-0.15, -0.1) is 0 Å². The smallest absolute Gasteiger partial charge is 0.372 e. The van der Waals surface area contributed by atoms with Crippen LogP contribution in [-0.2, 0) is 13.1 Å². The number of aromatic carboxylic acids is 1. The molecule has 2 N–H and O–H groups in total. The van der Waals surface area contributed by atoms with Crippen molar-refractivity contribution < 1.29 is 23.1 Å². The first-order chi connectivity index (χ1) is 9.08. The molecule has 0 saturated heterocycles. The third kappa shape index (κ3) is 3.17. The Labute approximate surface area is 107 Å². The average molecular weight is 267 g/mol. The standard InChI is InChI=1S/C13H11F2NO3/c14-10-1-2-11(15)9(5-10)7-16-6-8-3-4-19-12(8)13(17)18/h1-5,16H,6-7H2,(H,17,18). The van der Waals surface area contributed by atoms with E-state index in [4.69, 9.17) is 9.52 Å². The first-order valence-electron chi connectivity index (χ1n) is 5.52. The van der Waals surface area contributed by atoms with Gasteiger partial charge in [-0.1, -0.05) is 0 Å². The second-order valence-electron chi connectivity index (χ2n) is 3.92. The molecule has 0 spiro atoms. The molecule has 0 aliphatic carbocycles. The normalized spacial score (nSPS) is 10.6. The summed E-state index contributed by atoms with van der Waals surface area (Å²) in [5.41, 5.74) is 0.629. The van der Waals surface area contributed by atoms with E-state index in [0.29, 0.717) is 5.56 Å². The molecule has 4 nitrogen and oxygen atoms in total. The Morgan fingerprint density at radius 1 is 1.21 bits per heavy atom. The summed E-state index contributed by atoms with van der Waals surface area (Å²) in [7, 11) is 0. The first-order valence-corrected chi connectivity index (χ1v) is 5.52. The summed E-state index contributed by atoms with van der Waals surface area (Å²) < 4.78 is 31.1. The van der Waals surface area contributed by atoms with Crippen molar-refractivity contribution in [1.29, 1.82) is 0 Å². The average Bonchev–Trinajstić information content (AvgIpc) is 2.82. The van der Waals surface area contributed by atoms with Crippen molar-refractivity contribution in [2.45, 2.75) is 13.1 Å². The zero-order valence-corrected chi connectivity index (χ0v) is 9.82. The van der Waals surface area contributed by atoms with Gasteiger partial charge in [0.25, 0.3) is 0 Å². The first kappa shape index (κ1) is 13.2. The Morgan fingerprint density at radius 2 is 1.95 bits per heavy atom. The summed E-state index contributed by atoms with van der Waals surface area (Å²) in [6.07, 6.45) is 1.27. The maximum atomic E-state index is 13.3. The number of nitrogens with one attached hydrogen (secondary N) is 1. The van der Waals surface area contributed by atoms with Crippen molar-refractivity contribution in [2.24, 2.45) is 0 Å². The van der Waals surface area contributed by atoms with E-state index in [1.807, 2.05) is 0 Å². The van der Waals surface area contributed by atoms with Crippen LogP contribution in [0.3, 0.4) is 0 Å². The SMILES string of the molecule is O=C(O)c1occc1CNCc1cc(F)ccc1F. The Morgan fingerprint density at radius 3 is 2.68 bits per heavy atom. The molecule has 1 heterocycles. The molecule has 0 radical (unpaired) electrons. The summed E-state index contributed by atoms with van der Waals surface area (Å²) in [6.45, 7) is 0.280. The van der Waals surface area contributed by atoms with Crippen molar-refractivity contribution in [3.05, 3.63) is 59.1 Å². The molecule has 100 valence electrons. The molecule has 19 heavy (non-hydrogen) atoms. The minimum Gasteiger partial charge on any atom is -0.475 e. The molecule has 0 unspecified atom stereocenters. The van der Waals surface area contributed by atoms with Crippen LogP contribution >= 0.6 is 0 Å². The van der Waals surface area contributed by atoms with Crippen LogP contribution in [0, 0.1) is 11.6 Å². The number of furan rings is 1. The Balaban J connectivity index is 1.98. The van der Waals surface area contributed by atoms with E-state index in [-0.39, 0.29) is 24.4 Å². The van der Waals surface area contributed by atoms with E-state index in [1.165, 1.54) is 12.3 Å². The molecule has 0 aliphatic heterocycles. The van der Waals surface area contributed by atoms with Crippen LogP contribution in [0.5, 0.6) is 0 Å². The van der Waals surface area contributed by atoms with Gasteiger partial charge in [-0.05, 0) is 24.3 Å². The Kier molecular flexibility index (Phi) is 3.91. The molecular formula is C13H11F2NO3. The predicted octanol–water partition coefficient (Wildman–Crippen LogP) is 2.55. The van der Waals surface area contributed by atoms with Crippen molar-refractivity contribution in [3.63, 3.8) is 0 Å². The highest BCUT2D eigenvalue weighted by Gasteiger charge is 2.13. The van der Waals surface area contributed by atoms with Crippen LogP contribution in [-0.4, -0.2) is 11.1 Å². The Bertz CT molecular complexity index is 595. The lowest BCUT2D eigenvalue weighted by molar-refractivity contribution is 0.0660. The van der Waals surface area contributed by atoms with Crippen LogP contribution in [0.4, 0.5) is 8.78 Å². The van der Waals surface area contributed by atoms with Gasteiger partial charge in [-0.2, -0.15) is 0 Å². The fourth-order valence-corrected chi connectivity index (χ4v) is 1.67. The molecule has 0 bridgehead atoms. The van der Waals surface area contributed by atoms with Crippen LogP contribution in [0.25, 0.3) is 0 Å². The molecule has 0 saturated carbocycles. The van der Waals surface area contributed by atoms with Crippen LogP contribution in [0.1, 0.15) is 21.7 Å². The van der Waals surface area contributed by atoms with Gasteiger partial charge in [0.2, 0.25) is 5.76 Å². The molecule has 0 aliphatic rings. The monoisotopic (exact) mass is 267 g/mol. The highest BCUT2D eigenvalue weighted by atomic mass is 19.1. The van der Waals surface area contributed by atoms with Crippen molar-refractivity contribution >= 4 is 5.97 Å². The molecule has 0 amide bonds. The molecule has 0 atom stereocenters. The summed E-state index contributed by atoms with van der Waals surface area (Å²) in [5, 5.41) is 11.7.